The van der Waals surface area contributed by atoms with E-state index in [0.717, 1.165) is 11.1 Å². The summed E-state index contributed by atoms with van der Waals surface area (Å²) in [6.07, 6.45) is 1.09. The lowest BCUT2D eigenvalue weighted by atomic mass is 10.1. The average molecular weight is 326 g/mol. The summed E-state index contributed by atoms with van der Waals surface area (Å²) < 4.78 is 10.5. The smallest absolute Gasteiger partial charge is 0.240 e. The molecule has 2 aromatic rings. The van der Waals surface area contributed by atoms with Crippen LogP contribution in [0.5, 0.6) is 11.5 Å². The molecule has 2 aromatic carbocycles. The number of nitrogens with one attached hydrogen (secondary N) is 1. The van der Waals surface area contributed by atoms with Gasteiger partial charge in [-0.25, -0.2) is 5.43 Å². The Labute approximate surface area is 142 Å². The van der Waals surface area contributed by atoms with E-state index in [2.05, 4.69) is 10.5 Å². The lowest BCUT2D eigenvalue weighted by molar-refractivity contribution is -0.121. The number of rotatable bonds is 7. The highest BCUT2D eigenvalue weighted by Gasteiger charge is 2.07. The van der Waals surface area contributed by atoms with Gasteiger partial charge in [0.25, 0.3) is 0 Å². The number of hydrazone groups is 1. The molecule has 1 amide bonds. The summed E-state index contributed by atoms with van der Waals surface area (Å²) in [5.74, 6) is 1.17. The van der Waals surface area contributed by atoms with Crippen LogP contribution >= 0.6 is 0 Å². The second kappa shape index (κ2) is 8.72. The number of carbonyl (C=O) groups is 1. The largest absolute Gasteiger partial charge is 0.493 e. The molecule has 24 heavy (non-hydrogen) atoms. The third-order valence-electron chi connectivity index (χ3n) is 3.63. The third-order valence-corrected chi connectivity index (χ3v) is 3.63. The van der Waals surface area contributed by atoms with Crippen molar-refractivity contribution in [3.8, 4) is 11.5 Å². The Bertz CT molecular complexity index is 712. The molecule has 0 saturated carbocycles. The predicted octanol–water partition coefficient (Wildman–Crippen LogP) is 3.18. The number of nitrogens with zero attached hydrogens (tertiary/aromatic N) is 1. The highest BCUT2D eigenvalue weighted by atomic mass is 16.5. The number of benzene rings is 2. The molecule has 0 bridgehead atoms. The van der Waals surface area contributed by atoms with Crippen molar-refractivity contribution in [2.75, 3.05) is 14.2 Å². The van der Waals surface area contributed by atoms with E-state index in [-0.39, 0.29) is 5.91 Å². The number of hydrogen-bond donors (Lipinski definition) is 1. The number of carbonyl (C=O) groups excluding carboxylic acids is 1. The van der Waals surface area contributed by atoms with Crippen LogP contribution in [0, 0.1) is 0 Å². The van der Waals surface area contributed by atoms with E-state index < -0.39 is 0 Å². The van der Waals surface area contributed by atoms with Crippen molar-refractivity contribution >= 4 is 11.6 Å². The Balaban J connectivity index is 1.94. The summed E-state index contributed by atoms with van der Waals surface area (Å²) in [7, 11) is 3.17. The summed E-state index contributed by atoms with van der Waals surface area (Å²) in [4.78, 5) is 11.9. The monoisotopic (exact) mass is 326 g/mol. The molecular weight excluding hydrogens is 304 g/mol. The fourth-order valence-electron chi connectivity index (χ4n) is 2.23. The quantitative estimate of drug-likeness (QED) is 0.628. The van der Waals surface area contributed by atoms with Gasteiger partial charge in [0.15, 0.2) is 11.5 Å². The number of amides is 1. The molecule has 0 spiro atoms. The molecule has 0 saturated heterocycles. The van der Waals surface area contributed by atoms with Crippen LogP contribution in [0.4, 0.5) is 0 Å². The van der Waals surface area contributed by atoms with Crippen molar-refractivity contribution in [3.05, 3.63) is 59.7 Å². The highest BCUT2D eigenvalue weighted by molar-refractivity contribution is 5.99. The molecule has 0 aliphatic heterocycles. The molecule has 0 radical (unpaired) electrons. The van der Waals surface area contributed by atoms with Crippen LogP contribution in [-0.4, -0.2) is 25.8 Å². The minimum atomic E-state index is -0.112. The van der Waals surface area contributed by atoms with Crippen LogP contribution in [-0.2, 0) is 11.2 Å². The zero-order chi connectivity index (χ0) is 17.4. The van der Waals surface area contributed by atoms with Crippen molar-refractivity contribution in [1.82, 2.24) is 5.43 Å². The molecule has 0 fully saturated rings. The highest BCUT2D eigenvalue weighted by Crippen LogP contribution is 2.27. The van der Waals surface area contributed by atoms with E-state index in [1.54, 1.807) is 14.2 Å². The van der Waals surface area contributed by atoms with Crippen LogP contribution < -0.4 is 14.9 Å². The second-order valence-corrected chi connectivity index (χ2v) is 5.29. The van der Waals surface area contributed by atoms with Crippen LogP contribution in [0.25, 0.3) is 0 Å². The van der Waals surface area contributed by atoms with E-state index in [9.17, 15) is 4.79 Å². The van der Waals surface area contributed by atoms with Gasteiger partial charge in [0.2, 0.25) is 5.91 Å². The van der Waals surface area contributed by atoms with Crippen LogP contribution in [0.2, 0.25) is 0 Å². The van der Waals surface area contributed by atoms with Gasteiger partial charge in [-0.3, -0.25) is 4.79 Å². The first-order valence-corrected chi connectivity index (χ1v) is 7.73. The number of ether oxygens (including phenoxy) is 2. The first kappa shape index (κ1) is 17.5. The molecule has 126 valence electrons. The Morgan fingerprint density at radius 1 is 1.04 bits per heavy atom. The first-order chi connectivity index (χ1) is 11.6. The molecule has 0 aliphatic rings. The molecule has 0 atom stereocenters. The third kappa shape index (κ3) is 4.84. The number of hydrogen-bond acceptors (Lipinski definition) is 4. The van der Waals surface area contributed by atoms with Gasteiger partial charge in [0, 0.05) is 12.0 Å². The van der Waals surface area contributed by atoms with Crippen LogP contribution in [0.15, 0.2) is 53.6 Å². The maximum absolute atomic E-state index is 11.9. The van der Waals surface area contributed by atoms with Gasteiger partial charge in [-0.2, -0.15) is 5.10 Å². The summed E-state index contributed by atoms with van der Waals surface area (Å²) in [5.41, 5.74) is 5.28. The normalized spacial score (nSPS) is 11.0. The molecule has 5 nitrogen and oxygen atoms in total. The van der Waals surface area contributed by atoms with Crippen molar-refractivity contribution in [1.29, 1.82) is 0 Å². The molecule has 0 aliphatic carbocycles. The van der Waals surface area contributed by atoms with Crippen LogP contribution in [0.3, 0.4) is 0 Å². The summed E-state index contributed by atoms with van der Waals surface area (Å²) in [6.45, 7) is 1.83. The lowest BCUT2D eigenvalue weighted by Gasteiger charge is -2.09. The molecule has 0 aromatic heterocycles. The molecule has 2 rings (SSSR count). The minimum Gasteiger partial charge on any atom is -0.493 e. The molecule has 5 heteroatoms. The van der Waals surface area contributed by atoms with Crippen LogP contribution in [0.1, 0.15) is 24.5 Å². The SMILES string of the molecule is COc1ccc(/C(C)=N\NC(=O)CCc2ccccc2)cc1OC. The van der Waals surface area contributed by atoms with Gasteiger partial charge >= 0.3 is 0 Å². The lowest BCUT2D eigenvalue weighted by Crippen LogP contribution is -2.19. The molecule has 1 N–H and O–H groups in total. The molecule has 0 heterocycles. The summed E-state index contributed by atoms with van der Waals surface area (Å²) >= 11 is 0. The minimum absolute atomic E-state index is 0.112. The maximum Gasteiger partial charge on any atom is 0.240 e. The summed E-state index contributed by atoms with van der Waals surface area (Å²) in [5, 5.41) is 4.16. The van der Waals surface area contributed by atoms with E-state index in [1.165, 1.54) is 0 Å². The number of aryl methyl sites for hydroxylation is 1. The van der Waals surface area contributed by atoms with Gasteiger partial charge in [-0.05, 0) is 37.1 Å². The van der Waals surface area contributed by atoms with Crippen molar-refractivity contribution < 1.29 is 14.3 Å². The average Bonchev–Trinajstić information content (AvgIpc) is 2.64. The Morgan fingerprint density at radius 2 is 1.75 bits per heavy atom. The zero-order valence-corrected chi connectivity index (χ0v) is 14.2. The van der Waals surface area contributed by atoms with Gasteiger partial charge in [-0.15, -0.1) is 0 Å². The second-order valence-electron chi connectivity index (χ2n) is 5.29. The maximum atomic E-state index is 11.9. The van der Waals surface area contributed by atoms with E-state index >= 15 is 0 Å². The fourth-order valence-corrected chi connectivity index (χ4v) is 2.23. The zero-order valence-electron chi connectivity index (χ0n) is 14.2. The Morgan fingerprint density at radius 3 is 2.42 bits per heavy atom. The van der Waals surface area contributed by atoms with E-state index in [0.29, 0.717) is 30.1 Å². The molecular formula is C19H22N2O3. The summed E-state index contributed by atoms with van der Waals surface area (Å²) in [6, 6.07) is 15.4. The molecule has 0 unspecified atom stereocenters. The standard InChI is InChI=1S/C19H22N2O3/c1-14(16-10-11-17(23-2)18(13-16)24-3)20-21-19(22)12-9-15-7-5-4-6-8-15/h4-8,10-11,13H,9,12H2,1-3H3,(H,21,22)/b20-14-. The van der Waals surface area contributed by atoms with Gasteiger partial charge in [0.1, 0.15) is 0 Å². The predicted molar refractivity (Wildman–Crippen MR) is 94.7 cm³/mol. The van der Waals surface area contributed by atoms with Gasteiger partial charge in [-0.1, -0.05) is 30.3 Å². The number of methoxy groups -OCH3 is 2. The van der Waals surface area contributed by atoms with Gasteiger partial charge in [0.05, 0.1) is 19.9 Å². The van der Waals surface area contributed by atoms with Gasteiger partial charge < -0.3 is 9.47 Å². The van der Waals surface area contributed by atoms with Crippen molar-refractivity contribution in [2.24, 2.45) is 5.10 Å². The topological polar surface area (TPSA) is 59.9 Å². The van der Waals surface area contributed by atoms with Crippen molar-refractivity contribution in [3.63, 3.8) is 0 Å². The van der Waals surface area contributed by atoms with E-state index in [4.69, 9.17) is 9.47 Å². The Kier molecular flexibility index (Phi) is 6.37. The Hall–Kier alpha value is -2.82. The van der Waals surface area contributed by atoms with E-state index in [1.807, 2.05) is 55.5 Å². The first-order valence-electron chi connectivity index (χ1n) is 7.73. The van der Waals surface area contributed by atoms with Crippen molar-refractivity contribution in [2.45, 2.75) is 19.8 Å². The fraction of sp³-hybridized carbons (Fsp3) is 0.263.